The van der Waals surface area contributed by atoms with Crippen molar-refractivity contribution in [1.29, 1.82) is 0 Å². The van der Waals surface area contributed by atoms with E-state index in [2.05, 4.69) is 36.8 Å². The highest BCUT2D eigenvalue weighted by Crippen LogP contribution is 2.28. The Morgan fingerprint density at radius 1 is 1.41 bits per heavy atom. The van der Waals surface area contributed by atoms with Gasteiger partial charge in [0.25, 0.3) is 0 Å². The van der Waals surface area contributed by atoms with Gasteiger partial charge in [-0.05, 0) is 28.9 Å². The van der Waals surface area contributed by atoms with Crippen LogP contribution >= 0.6 is 39.0 Å². The first-order valence-electron chi connectivity index (χ1n) is 6.14. The number of thioether (sulfide) groups is 1. The Kier molecular flexibility index (Phi) is 6.09. The van der Waals surface area contributed by atoms with Gasteiger partial charge in [-0.15, -0.1) is 10.2 Å². The van der Waals surface area contributed by atoms with E-state index in [1.54, 1.807) is 0 Å². The zero-order valence-corrected chi connectivity index (χ0v) is 14.5. The van der Waals surface area contributed by atoms with Crippen molar-refractivity contribution in [2.24, 2.45) is 0 Å². The Morgan fingerprint density at radius 3 is 2.86 bits per heavy atom. The normalized spacial score (nSPS) is 10.5. The summed E-state index contributed by atoms with van der Waals surface area (Å²) >= 11 is 5.53. The quantitative estimate of drug-likeness (QED) is 0.712. The molecule has 0 radical (unpaired) electrons. The van der Waals surface area contributed by atoms with Crippen LogP contribution < -0.4 is 10.6 Å². The third-order valence-electron chi connectivity index (χ3n) is 2.33. The number of amides is 1. The molecule has 2 N–H and O–H groups in total. The molecule has 0 atom stereocenters. The number of halogens is 3. The lowest BCUT2D eigenvalue weighted by Crippen LogP contribution is -2.15. The van der Waals surface area contributed by atoms with Gasteiger partial charge in [-0.3, -0.25) is 4.79 Å². The van der Waals surface area contributed by atoms with Crippen LogP contribution in [0.25, 0.3) is 0 Å². The van der Waals surface area contributed by atoms with E-state index in [0.717, 1.165) is 12.6 Å². The smallest absolute Gasteiger partial charge is 0.234 e. The van der Waals surface area contributed by atoms with Crippen molar-refractivity contribution >= 4 is 55.8 Å². The maximum Gasteiger partial charge on any atom is 0.234 e. The predicted octanol–water partition coefficient (Wildman–Crippen LogP) is 3.74. The molecule has 0 saturated carbocycles. The van der Waals surface area contributed by atoms with Crippen LogP contribution in [0.2, 0.25) is 0 Å². The topological polar surface area (TPSA) is 66.9 Å². The van der Waals surface area contributed by atoms with E-state index in [-0.39, 0.29) is 15.9 Å². The van der Waals surface area contributed by atoms with Gasteiger partial charge in [-0.25, -0.2) is 8.78 Å². The molecular formula is C12H11BrF2N4OS2. The van der Waals surface area contributed by atoms with E-state index in [1.807, 2.05) is 6.92 Å². The average Bonchev–Trinajstić information content (AvgIpc) is 2.89. The van der Waals surface area contributed by atoms with Gasteiger partial charge in [0, 0.05) is 17.1 Å². The first kappa shape index (κ1) is 17.1. The van der Waals surface area contributed by atoms with E-state index in [1.165, 1.54) is 23.1 Å². The maximum atomic E-state index is 13.6. The SMILES string of the molecule is CCNc1nnc(SCC(=O)Nc2c(F)cc(F)cc2Br)s1. The molecule has 2 aromatic rings. The summed E-state index contributed by atoms with van der Waals surface area (Å²) in [5.74, 6) is -1.93. The van der Waals surface area contributed by atoms with E-state index in [9.17, 15) is 13.6 Å². The molecule has 22 heavy (non-hydrogen) atoms. The molecule has 2 rings (SSSR count). The first-order valence-corrected chi connectivity index (χ1v) is 8.73. The zero-order chi connectivity index (χ0) is 16.1. The molecule has 0 fully saturated rings. The average molecular weight is 409 g/mol. The summed E-state index contributed by atoms with van der Waals surface area (Å²) in [4.78, 5) is 11.8. The molecular weight excluding hydrogens is 398 g/mol. The summed E-state index contributed by atoms with van der Waals surface area (Å²) < 4.78 is 27.4. The molecule has 0 spiro atoms. The Bertz CT molecular complexity index is 660. The lowest BCUT2D eigenvalue weighted by Gasteiger charge is -2.08. The monoisotopic (exact) mass is 408 g/mol. The molecule has 0 aliphatic carbocycles. The zero-order valence-electron chi connectivity index (χ0n) is 11.3. The standard InChI is InChI=1S/C12H11BrF2N4OS2/c1-2-16-11-18-19-12(22-11)21-5-9(20)17-10-7(13)3-6(14)4-8(10)15/h3-4H,2,5H2,1H3,(H,16,18)(H,17,20). The summed E-state index contributed by atoms with van der Waals surface area (Å²) in [7, 11) is 0. The predicted molar refractivity (Wildman–Crippen MR) is 87.5 cm³/mol. The van der Waals surface area contributed by atoms with E-state index in [4.69, 9.17) is 0 Å². The molecule has 0 aliphatic rings. The number of nitrogens with zero attached hydrogens (tertiary/aromatic N) is 2. The largest absolute Gasteiger partial charge is 0.360 e. The molecule has 1 aromatic heterocycles. The molecule has 5 nitrogen and oxygen atoms in total. The minimum absolute atomic E-state index is 0.0456. The summed E-state index contributed by atoms with van der Waals surface area (Å²) in [5, 5.41) is 13.9. The molecule has 0 unspecified atom stereocenters. The fraction of sp³-hybridized carbons (Fsp3) is 0.250. The summed E-state index contributed by atoms with van der Waals surface area (Å²) in [6, 6.07) is 1.79. The van der Waals surface area contributed by atoms with Crippen LogP contribution in [0, 0.1) is 11.6 Å². The van der Waals surface area contributed by atoms with Crippen LogP contribution in [0.3, 0.4) is 0 Å². The van der Waals surface area contributed by atoms with Gasteiger partial charge in [-0.2, -0.15) is 0 Å². The van der Waals surface area contributed by atoms with Gasteiger partial charge in [0.15, 0.2) is 10.2 Å². The van der Waals surface area contributed by atoms with Gasteiger partial charge in [-0.1, -0.05) is 23.1 Å². The van der Waals surface area contributed by atoms with Crippen LogP contribution in [0.1, 0.15) is 6.92 Å². The van der Waals surface area contributed by atoms with E-state index < -0.39 is 17.5 Å². The van der Waals surface area contributed by atoms with Gasteiger partial charge in [0.1, 0.15) is 5.82 Å². The first-order chi connectivity index (χ1) is 10.5. The fourth-order valence-electron chi connectivity index (χ4n) is 1.46. The van der Waals surface area contributed by atoms with Crippen molar-refractivity contribution in [3.05, 3.63) is 28.2 Å². The van der Waals surface area contributed by atoms with Crippen molar-refractivity contribution in [2.45, 2.75) is 11.3 Å². The second-order valence-corrected chi connectivity index (χ2v) is 7.04. The van der Waals surface area contributed by atoms with Crippen molar-refractivity contribution in [2.75, 3.05) is 22.9 Å². The van der Waals surface area contributed by atoms with Crippen molar-refractivity contribution in [1.82, 2.24) is 10.2 Å². The molecule has 10 heteroatoms. The van der Waals surface area contributed by atoms with Crippen LogP contribution in [-0.4, -0.2) is 28.4 Å². The van der Waals surface area contributed by atoms with Crippen molar-refractivity contribution < 1.29 is 13.6 Å². The van der Waals surface area contributed by atoms with Gasteiger partial charge >= 0.3 is 0 Å². The number of carbonyl (C=O) groups excluding carboxylic acids is 1. The van der Waals surface area contributed by atoms with Crippen LogP contribution in [0.15, 0.2) is 20.9 Å². The highest BCUT2D eigenvalue weighted by molar-refractivity contribution is 9.10. The van der Waals surface area contributed by atoms with Crippen LogP contribution in [-0.2, 0) is 4.79 Å². The second-order valence-electron chi connectivity index (χ2n) is 3.98. The van der Waals surface area contributed by atoms with Crippen LogP contribution in [0.4, 0.5) is 19.6 Å². The fourth-order valence-corrected chi connectivity index (χ4v) is 3.58. The third-order valence-corrected chi connectivity index (χ3v) is 4.97. The lowest BCUT2D eigenvalue weighted by molar-refractivity contribution is -0.113. The van der Waals surface area contributed by atoms with Crippen molar-refractivity contribution in [3.8, 4) is 0 Å². The number of hydrogen-bond acceptors (Lipinski definition) is 6. The van der Waals surface area contributed by atoms with Crippen LogP contribution in [0.5, 0.6) is 0 Å². The number of nitrogens with one attached hydrogen (secondary N) is 2. The number of benzene rings is 1. The molecule has 0 aliphatic heterocycles. The number of hydrogen-bond donors (Lipinski definition) is 2. The summed E-state index contributed by atoms with van der Waals surface area (Å²) in [6.07, 6.45) is 0. The van der Waals surface area contributed by atoms with E-state index >= 15 is 0 Å². The molecule has 1 amide bonds. The number of rotatable bonds is 6. The third kappa shape index (κ3) is 4.62. The highest BCUT2D eigenvalue weighted by atomic mass is 79.9. The molecule has 118 valence electrons. The Balaban J connectivity index is 1.93. The summed E-state index contributed by atoms with van der Waals surface area (Å²) in [5.41, 5.74) is -0.0856. The number of carbonyl (C=O) groups is 1. The van der Waals surface area contributed by atoms with E-state index in [0.29, 0.717) is 15.5 Å². The Labute approximate surface area is 142 Å². The van der Waals surface area contributed by atoms with Gasteiger partial charge in [0.05, 0.1) is 11.4 Å². The minimum Gasteiger partial charge on any atom is -0.360 e. The Hall–Kier alpha value is -1.26. The number of anilines is 2. The molecule has 0 saturated heterocycles. The molecule has 1 heterocycles. The molecule has 1 aromatic carbocycles. The van der Waals surface area contributed by atoms with Gasteiger partial charge in [0.2, 0.25) is 11.0 Å². The lowest BCUT2D eigenvalue weighted by atomic mass is 10.3. The minimum atomic E-state index is -0.837. The highest BCUT2D eigenvalue weighted by Gasteiger charge is 2.14. The second kappa shape index (κ2) is 7.84. The summed E-state index contributed by atoms with van der Waals surface area (Å²) in [6.45, 7) is 2.68. The Morgan fingerprint density at radius 2 is 2.18 bits per heavy atom. The van der Waals surface area contributed by atoms with Gasteiger partial charge < -0.3 is 10.6 Å². The van der Waals surface area contributed by atoms with Crippen molar-refractivity contribution in [3.63, 3.8) is 0 Å². The maximum absolute atomic E-state index is 13.6. The number of aromatic nitrogens is 2. The molecule has 0 bridgehead atoms.